The van der Waals surface area contributed by atoms with Gasteiger partial charge in [0.15, 0.2) is 11.5 Å². The van der Waals surface area contributed by atoms with Crippen molar-refractivity contribution in [3.05, 3.63) is 65.0 Å². The van der Waals surface area contributed by atoms with E-state index in [1.807, 2.05) is 0 Å². The minimum Gasteiger partial charge on any atom is -0.504 e. The summed E-state index contributed by atoms with van der Waals surface area (Å²) in [6.45, 7) is 3.10. The van der Waals surface area contributed by atoms with Crippen LogP contribution in [0.2, 0.25) is 0 Å². The summed E-state index contributed by atoms with van der Waals surface area (Å²) in [5.41, 5.74) is 1.27. The molecule has 3 aliphatic rings. The normalized spacial score (nSPS) is 34.4. The number of amides is 1. The fourth-order valence-electron chi connectivity index (χ4n) is 5.45. The van der Waals surface area contributed by atoms with Gasteiger partial charge in [0, 0.05) is 5.57 Å². The number of benzene rings is 2. The Kier molecular flexibility index (Phi) is 9.84. The Bertz CT molecular complexity index is 1340. The topological polar surface area (TPSA) is 197 Å². The zero-order valence-electron chi connectivity index (χ0n) is 23.9. The summed E-state index contributed by atoms with van der Waals surface area (Å²) in [6, 6.07) is 8.73. The molecule has 0 bridgehead atoms. The Balaban J connectivity index is 1.18. The Labute approximate surface area is 252 Å². The molecule has 14 heteroatoms. The van der Waals surface area contributed by atoms with E-state index in [1.54, 1.807) is 19.1 Å². The highest BCUT2D eigenvalue weighted by atomic mass is 19.1. The molecule has 240 valence electrons. The number of phenolic OH excluding ortho intramolecular Hbond substituents is 1. The van der Waals surface area contributed by atoms with Gasteiger partial charge in [0.25, 0.3) is 0 Å². The average Bonchev–Trinajstić information content (AvgIpc) is 3.60. The molecule has 13 nitrogen and oxygen atoms in total. The van der Waals surface area contributed by atoms with E-state index in [2.05, 4.69) is 5.32 Å². The maximum absolute atomic E-state index is 13.1. The predicted molar refractivity (Wildman–Crippen MR) is 148 cm³/mol. The Morgan fingerprint density at radius 1 is 1.00 bits per heavy atom. The molecule has 1 aliphatic carbocycles. The van der Waals surface area contributed by atoms with Gasteiger partial charge >= 0.3 is 0 Å². The van der Waals surface area contributed by atoms with Crippen molar-refractivity contribution in [2.45, 2.75) is 87.7 Å². The fourth-order valence-corrected chi connectivity index (χ4v) is 5.45. The van der Waals surface area contributed by atoms with Gasteiger partial charge in [-0.15, -0.1) is 0 Å². The first-order chi connectivity index (χ1) is 20.9. The number of aromatic hydroxyl groups is 1. The molecular weight excluding hydrogens is 585 g/mol. The fraction of sp³-hybridized carbons (Fsp3) is 0.500. The number of aliphatic hydroxyl groups excluding tert-OH is 5. The number of hydrogen-bond acceptors (Lipinski definition) is 12. The molecule has 0 spiro atoms. The number of nitrogens with one attached hydrogen (secondary N) is 1. The number of phenols is 1. The van der Waals surface area contributed by atoms with Gasteiger partial charge in [0.1, 0.15) is 61.4 Å². The lowest BCUT2D eigenvalue weighted by atomic mass is 9.83. The number of carbonyl (C=O) groups is 1. The molecule has 2 unspecified atom stereocenters. The Hall–Kier alpha value is -3.18. The standard InChI is InChI=1S/C30H36FNO12/c1-13(29(39)32-20-21(34)23(36)28-27(22(20)35)41-12-42-28)9-16-5-8-19(18(33)10-16)43-30-25(38)24(37)26(44-30)14(2)40-11-15-3-6-17(31)7-4-15/h3-10,14,20-28,30,33-38H,11-12H2,1-2H3,(H,32,39)/b13-9-/t14?,20-,21+,22-,23-,24+,25+,26?,27+,28-,30-/m1/s1. The van der Waals surface area contributed by atoms with E-state index in [0.29, 0.717) is 11.1 Å². The molecule has 44 heavy (non-hydrogen) atoms. The highest BCUT2D eigenvalue weighted by Gasteiger charge is 2.53. The first-order valence-corrected chi connectivity index (χ1v) is 14.1. The van der Waals surface area contributed by atoms with Crippen LogP contribution in [0, 0.1) is 5.82 Å². The number of aliphatic hydroxyl groups is 5. The average molecular weight is 622 g/mol. The van der Waals surface area contributed by atoms with Crippen LogP contribution in [-0.2, 0) is 30.3 Å². The van der Waals surface area contributed by atoms with Gasteiger partial charge in [-0.25, -0.2) is 4.39 Å². The third kappa shape index (κ3) is 6.73. The van der Waals surface area contributed by atoms with Crippen molar-refractivity contribution in [2.24, 2.45) is 0 Å². The summed E-state index contributed by atoms with van der Waals surface area (Å²) in [5, 5.41) is 65.5. The predicted octanol–water partition coefficient (Wildman–Crippen LogP) is -0.312. The highest BCUT2D eigenvalue weighted by molar-refractivity contribution is 5.97. The lowest BCUT2D eigenvalue weighted by Crippen LogP contribution is -2.67. The van der Waals surface area contributed by atoms with E-state index >= 15 is 0 Å². The molecule has 1 saturated carbocycles. The second-order valence-electron chi connectivity index (χ2n) is 11.1. The highest BCUT2D eigenvalue weighted by Crippen LogP contribution is 2.34. The number of halogens is 1. The SMILES string of the molecule is C/C(=C/c1ccc(O[C@@H]2OC(C(C)OCc3ccc(F)cc3)[C@@H](O)[C@@H]2O)c(O)c1)C(=O)N[C@@H]1[C@H](O)[C@@H](O)[C@H]2OCO[C@H]2[C@@H]1O. The quantitative estimate of drug-likeness (QED) is 0.181. The van der Waals surface area contributed by atoms with Crippen LogP contribution in [0.5, 0.6) is 11.5 Å². The molecule has 2 saturated heterocycles. The van der Waals surface area contributed by atoms with Crippen LogP contribution in [-0.4, -0.2) is 111 Å². The molecular formula is C30H36FNO12. The smallest absolute Gasteiger partial charge is 0.247 e. The van der Waals surface area contributed by atoms with Crippen LogP contribution >= 0.6 is 0 Å². The van der Waals surface area contributed by atoms with Crippen molar-refractivity contribution in [2.75, 3.05) is 6.79 Å². The first kappa shape index (κ1) is 32.2. The van der Waals surface area contributed by atoms with Gasteiger partial charge in [0.2, 0.25) is 12.2 Å². The van der Waals surface area contributed by atoms with E-state index in [9.17, 15) is 39.8 Å². The van der Waals surface area contributed by atoms with Crippen LogP contribution < -0.4 is 10.1 Å². The minimum absolute atomic E-state index is 0.0585. The maximum atomic E-state index is 13.1. The summed E-state index contributed by atoms with van der Waals surface area (Å²) < 4.78 is 40.7. The molecule has 7 N–H and O–H groups in total. The third-order valence-electron chi connectivity index (χ3n) is 8.01. The van der Waals surface area contributed by atoms with E-state index in [1.165, 1.54) is 43.3 Å². The van der Waals surface area contributed by atoms with Gasteiger partial charge in [-0.2, -0.15) is 0 Å². The molecule has 0 aromatic heterocycles. The molecule has 0 radical (unpaired) electrons. The zero-order chi connectivity index (χ0) is 31.7. The molecule has 3 fully saturated rings. The number of rotatable bonds is 9. The lowest BCUT2D eigenvalue weighted by molar-refractivity contribution is -0.155. The Morgan fingerprint density at radius 3 is 2.36 bits per heavy atom. The molecule has 2 heterocycles. The van der Waals surface area contributed by atoms with Crippen LogP contribution in [0.25, 0.3) is 6.08 Å². The van der Waals surface area contributed by atoms with Crippen molar-refractivity contribution in [1.29, 1.82) is 0 Å². The number of carbonyl (C=O) groups excluding carboxylic acids is 1. The van der Waals surface area contributed by atoms with Crippen LogP contribution in [0.15, 0.2) is 48.0 Å². The van der Waals surface area contributed by atoms with E-state index in [0.717, 1.165) is 0 Å². The monoisotopic (exact) mass is 621 g/mol. The van der Waals surface area contributed by atoms with Crippen molar-refractivity contribution >= 4 is 12.0 Å². The molecule has 2 aromatic carbocycles. The zero-order valence-corrected chi connectivity index (χ0v) is 23.9. The van der Waals surface area contributed by atoms with Gasteiger partial charge in [-0.05, 0) is 55.3 Å². The molecule has 2 aliphatic heterocycles. The second-order valence-corrected chi connectivity index (χ2v) is 11.1. The van der Waals surface area contributed by atoms with Crippen LogP contribution in [0.4, 0.5) is 4.39 Å². The summed E-state index contributed by atoms with van der Waals surface area (Å²) in [7, 11) is 0. The van der Waals surface area contributed by atoms with Crippen molar-refractivity contribution in [3.63, 3.8) is 0 Å². The molecule has 2 aromatic rings. The minimum atomic E-state index is -1.50. The van der Waals surface area contributed by atoms with Crippen molar-refractivity contribution in [3.8, 4) is 11.5 Å². The van der Waals surface area contributed by atoms with E-state index < -0.39 is 73.2 Å². The Morgan fingerprint density at radius 2 is 1.68 bits per heavy atom. The van der Waals surface area contributed by atoms with Gasteiger partial charge < -0.3 is 59.6 Å². The number of ether oxygens (including phenoxy) is 5. The maximum Gasteiger partial charge on any atom is 0.247 e. The third-order valence-corrected chi connectivity index (χ3v) is 8.01. The van der Waals surface area contributed by atoms with Gasteiger partial charge in [-0.3, -0.25) is 4.79 Å². The number of fused-ring (bicyclic) bond motifs is 1. The van der Waals surface area contributed by atoms with Crippen molar-refractivity contribution in [1.82, 2.24) is 5.32 Å². The van der Waals surface area contributed by atoms with E-state index in [-0.39, 0.29) is 36.3 Å². The van der Waals surface area contributed by atoms with Crippen LogP contribution in [0.3, 0.4) is 0 Å². The summed E-state index contributed by atoms with van der Waals surface area (Å²) in [5.74, 6) is -1.42. The first-order valence-electron chi connectivity index (χ1n) is 14.1. The second kappa shape index (κ2) is 13.4. The largest absolute Gasteiger partial charge is 0.504 e. The summed E-state index contributed by atoms with van der Waals surface area (Å²) in [4.78, 5) is 12.8. The molecule has 11 atom stereocenters. The van der Waals surface area contributed by atoms with Gasteiger partial charge in [0.05, 0.1) is 18.8 Å². The molecule has 5 rings (SSSR count). The van der Waals surface area contributed by atoms with Crippen LogP contribution in [0.1, 0.15) is 25.0 Å². The summed E-state index contributed by atoms with van der Waals surface area (Å²) in [6.07, 6.45) is -10.4. The van der Waals surface area contributed by atoms with E-state index in [4.69, 9.17) is 23.7 Å². The van der Waals surface area contributed by atoms with Gasteiger partial charge in [-0.1, -0.05) is 18.2 Å². The lowest BCUT2D eigenvalue weighted by Gasteiger charge is -2.41. The number of hydrogen-bond donors (Lipinski definition) is 7. The van der Waals surface area contributed by atoms with Crippen molar-refractivity contribution < 1.29 is 63.5 Å². The molecule has 1 amide bonds. The summed E-state index contributed by atoms with van der Waals surface area (Å²) >= 11 is 0.